The molecule has 2 aromatic rings. The molecule has 1 aromatic carbocycles. The fourth-order valence-electron chi connectivity index (χ4n) is 1.93. The molecule has 2 rings (SSSR count). The van der Waals surface area contributed by atoms with Gasteiger partial charge >= 0.3 is 5.97 Å². The van der Waals surface area contributed by atoms with E-state index in [4.69, 9.17) is 0 Å². The number of carbonyl (C=O) groups is 3. The zero-order chi connectivity index (χ0) is 20.0. The Bertz CT molecular complexity index is 902. The highest BCUT2D eigenvalue weighted by Gasteiger charge is 2.18. The minimum atomic E-state index is -0.795. The Kier molecular flexibility index (Phi) is 6.45. The monoisotopic (exact) mass is 386 g/mol. The summed E-state index contributed by atoms with van der Waals surface area (Å²) >= 11 is 1.30. The van der Waals surface area contributed by atoms with Crippen molar-refractivity contribution < 1.29 is 19.1 Å². The van der Waals surface area contributed by atoms with Gasteiger partial charge in [-0.3, -0.25) is 9.59 Å². The molecule has 2 amide bonds. The van der Waals surface area contributed by atoms with Crippen LogP contribution in [0.25, 0.3) is 10.6 Å². The van der Waals surface area contributed by atoms with Crippen molar-refractivity contribution in [2.24, 2.45) is 0 Å². The predicted molar refractivity (Wildman–Crippen MR) is 103 cm³/mol. The number of anilines is 1. The predicted octanol–water partition coefficient (Wildman–Crippen LogP) is 1.90. The van der Waals surface area contributed by atoms with E-state index in [1.807, 2.05) is 31.3 Å². The number of nitrogens with zero attached hydrogens (tertiary/aromatic N) is 1. The second-order valence-corrected chi connectivity index (χ2v) is 6.08. The van der Waals surface area contributed by atoms with Crippen LogP contribution in [0.3, 0.4) is 0 Å². The molecule has 1 aromatic heterocycles. The molecule has 0 bridgehead atoms. The number of aromatic nitrogens is 1. The number of rotatable bonds is 7. The van der Waals surface area contributed by atoms with Crippen molar-refractivity contribution in [3.8, 4) is 10.6 Å². The highest BCUT2D eigenvalue weighted by molar-refractivity contribution is 7.13. The van der Waals surface area contributed by atoms with Gasteiger partial charge in [0.1, 0.15) is 16.4 Å². The number of methoxy groups -OCH3 is 1. The molecule has 0 spiro atoms. The lowest BCUT2D eigenvalue weighted by molar-refractivity contribution is -0.137. The number of ether oxygens (including phenoxy) is 1. The second-order valence-electron chi connectivity index (χ2n) is 5.22. The first-order chi connectivity index (χ1) is 12.8. The molecule has 0 atom stereocenters. The average Bonchev–Trinajstić information content (AvgIpc) is 3.17. The number of hydrogen-bond donors (Lipinski definition) is 3. The van der Waals surface area contributed by atoms with Gasteiger partial charge in [0.05, 0.1) is 12.8 Å². The zero-order valence-corrected chi connectivity index (χ0v) is 15.6. The molecular formula is C18H18N4O4S. The smallest absolute Gasteiger partial charge is 0.353 e. The Hall–Kier alpha value is -3.46. The third-order valence-electron chi connectivity index (χ3n) is 3.39. The lowest BCUT2D eigenvalue weighted by Gasteiger charge is -2.09. The van der Waals surface area contributed by atoms with E-state index in [1.165, 1.54) is 11.3 Å². The van der Waals surface area contributed by atoms with Crippen LogP contribution in [0.4, 0.5) is 5.69 Å². The van der Waals surface area contributed by atoms with E-state index in [9.17, 15) is 14.4 Å². The van der Waals surface area contributed by atoms with Gasteiger partial charge in [-0.05, 0) is 24.3 Å². The maximum absolute atomic E-state index is 12.2. The molecule has 1 heterocycles. The summed E-state index contributed by atoms with van der Waals surface area (Å²) in [6.45, 7) is 6.83. The van der Waals surface area contributed by atoms with Crippen LogP contribution < -0.4 is 16.0 Å². The quantitative estimate of drug-likeness (QED) is 0.495. The molecule has 9 heteroatoms. The second kappa shape index (κ2) is 8.77. The van der Waals surface area contributed by atoms with Crippen LogP contribution in [0.2, 0.25) is 0 Å². The van der Waals surface area contributed by atoms with Gasteiger partial charge in [0.15, 0.2) is 0 Å². The van der Waals surface area contributed by atoms with E-state index in [-0.39, 0.29) is 17.1 Å². The molecule has 0 unspecified atom stereocenters. The van der Waals surface area contributed by atoms with Crippen LogP contribution in [0.5, 0.6) is 0 Å². The van der Waals surface area contributed by atoms with Crippen molar-refractivity contribution in [3.63, 3.8) is 0 Å². The van der Waals surface area contributed by atoms with Gasteiger partial charge < -0.3 is 20.7 Å². The number of thiazole rings is 1. The SMILES string of the molecule is C=C(NC(=O)c1csc(-c2ccc(NC)cc2)n1)C(=O)NC(=C)C(=O)OC. The molecule has 8 nitrogen and oxygen atoms in total. The Balaban J connectivity index is 2.00. The van der Waals surface area contributed by atoms with Gasteiger partial charge in [-0.1, -0.05) is 13.2 Å². The van der Waals surface area contributed by atoms with Gasteiger partial charge in [-0.2, -0.15) is 0 Å². The van der Waals surface area contributed by atoms with Crippen molar-refractivity contribution in [1.82, 2.24) is 15.6 Å². The van der Waals surface area contributed by atoms with Crippen LogP contribution in [0.15, 0.2) is 54.2 Å². The first-order valence-corrected chi connectivity index (χ1v) is 8.56. The third-order valence-corrected chi connectivity index (χ3v) is 4.28. The first-order valence-electron chi connectivity index (χ1n) is 7.68. The molecule has 27 heavy (non-hydrogen) atoms. The summed E-state index contributed by atoms with van der Waals surface area (Å²) in [5, 5.41) is 9.78. The molecule has 0 saturated carbocycles. The van der Waals surface area contributed by atoms with E-state index in [0.717, 1.165) is 18.4 Å². The summed E-state index contributed by atoms with van der Waals surface area (Å²) in [6.07, 6.45) is 0. The maximum Gasteiger partial charge on any atom is 0.353 e. The number of esters is 1. The topological polar surface area (TPSA) is 109 Å². The van der Waals surface area contributed by atoms with Crippen molar-refractivity contribution >= 4 is 34.8 Å². The number of hydrogen-bond acceptors (Lipinski definition) is 7. The maximum atomic E-state index is 12.2. The molecular weight excluding hydrogens is 368 g/mol. The zero-order valence-electron chi connectivity index (χ0n) is 14.8. The lowest BCUT2D eigenvalue weighted by Crippen LogP contribution is -2.35. The molecule has 0 saturated heterocycles. The lowest BCUT2D eigenvalue weighted by atomic mass is 10.2. The molecule has 140 valence electrons. The van der Waals surface area contributed by atoms with E-state index in [2.05, 4.69) is 38.8 Å². The van der Waals surface area contributed by atoms with Gasteiger partial charge in [0.25, 0.3) is 11.8 Å². The third kappa shape index (κ3) is 5.02. The van der Waals surface area contributed by atoms with E-state index < -0.39 is 17.8 Å². The summed E-state index contributed by atoms with van der Waals surface area (Å²) in [6, 6.07) is 7.57. The van der Waals surface area contributed by atoms with E-state index >= 15 is 0 Å². The summed E-state index contributed by atoms with van der Waals surface area (Å²) in [7, 11) is 2.98. The fraction of sp³-hybridized carbons (Fsp3) is 0.111. The molecule has 0 aliphatic heterocycles. The van der Waals surface area contributed by atoms with Gasteiger partial charge in [0, 0.05) is 23.7 Å². The summed E-state index contributed by atoms with van der Waals surface area (Å²) in [5.41, 5.74) is 1.46. The molecule has 3 N–H and O–H groups in total. The van der Waals surface area contributed by atoms with Crippen molar-refractivity contribution in [2.75, 3.05) is 19.5 Å². The van der Waals surface area contributed by atoms with Crippen LogP contribution in [-0.4, -0.2) is 36.9 Å². The minimum Gasteiger partial charge on any atom is -0.464 e. The highest BCUT2D eigenvalue weighted by Crippen LogP contribution is 2.25. The van der Waals surface area contributed by atoms with Crippen molar-refractivity contribution in [2.45, 2.75) is 0 Å². The van der Waals surface area contributed by atoms with Crippen molar-refractivity contribution in [1.29, 1.82) is 0 Å². The number of benzene rings is 1. The Labute approximate surface area is 160 Å². The van der Waals surface area contributed by atoms with E-state index in [0.29, 0.717) is 5.01 Å². The summed E-state index contributed by atoms with van der Waals surface area (Å²) in [4.78, 5) is 39.7. The molecule has 0 fully saturated rings. The number of amides is 2. The number of carbonyl (C=O) groups excluding carboxylic acids is 3. The first kappa shape index (κ1) is 19.9. The molecule has 0 radical (unpaired) electrons. The summed E-state index contributed by atoms with van der Waals surface area (Å²) < 4.78 is 4.42. The molecule has 0 aliphatic carbocycles. The van der Waals surface area contributed by atoms with Gasteiger partial charge in [-0.15, -0.1) is 11.3 Å². The summed E-state index contributed by atoms with van der Waals surface area (Å²) in [5.74, 6) is -2.17. The highest BCUT2D eigenvalue weighted by atomic mass is 32.1. The number of nitrogens with one attached hydrogen (secondary N) is 3. The molecule has 0 aliphatic rings. The fourth-order valence-corrected chi connectivity index (χ4v) is 2.74. The Morgan fingerprint density at radius 1 is 1.07 bits per heavy atom. The average molecular weight is 386 g/mol. The largest absolute Gasteiger partial charge is 0.464 e. The van der Waals surface area contributed by atoms with Crippen LogP contribution in [0, 0.1) is 0 Å². The minimum absolute atomic E-state index is 0.147. The standard InChI is InChI=1S/C18H18N4O4S/c1-10(15(23)21-11(2)18(25)26-4)20-16(24)14-9-27-17(22-14)12-5-7-13(19-3)8-6-12/h5-9,19H,1-2H2,3-4H3,(H,20,24)(H,21,23). The normalized spacial score (nSPS) is 9.85. The Morgan fingerprint density at radius 3 is 2.33 bits per heavy atom. The van der Waals surface area contributed by atoms with E-state index in [1.54, 1.807) is 5.38 Å². The Morgan fingerprint density at radius 2 is 1.74 bits per heavy atom. The van der Waals surface area contributed by atoms with Crippen molar-refractivity contribution in [3.05, 3.63) is 59.9 Å². The van der Waals surface area contributed by atoms with Gasteiger partial charge in [0.2, 0.25) is 0 Å². The van der Waals surface area contributed by atoms with Crippen LogP contribution in [-0.2, 0) is 14.3 Å². The van der Waals surface area contributed by atoms with Gasteiger partial charge in [-0.25, -0.2) is 9.78 Å². The van der Waals surface area contributed by atoms with Crippen LogP contribution >= 0.6 is 11.3 Å². The van der Waals surface area contributed by atoms with Crippen LogP contribution in [0.1, 0.15) is 10.5 Å².